The van der Waals surface area contributed by atoms with Crippen LogP contribution in [0.3, 0.4) is 0 Å². The van der Waals surface area contributed by atoms with Crippen molar-refractivity contribution in [3.8, 4) is 0 Å². The van der Waals surface area contributed by atoms with Crippen molar-refractivity contribution in [2.75, 3.05) is 13.7 Å². The summed E-state index contributed by atoms with van der Waals surface area (Å²) in [5.41, 5.74) is 0. The second-order valence-corrected chi connectivity index (χ2v) is 2.84. The Balaban J connectivity index is 1.98. The molecule has 0 heterocycles. The lowest BCUT2D eigenvalue weighted by Crippen LogP contribution is -2.39. The Bertz CT molecular complexity index is 79.0. The van der Waals surface area contributed by atoms with Crippen molar-refractivity contribution in [3.05, 3.63) is 0 Å². The highest BCUT2D eigenvalue weighted by Gasteiger charge is 2.26. The molecular formula is C7H15NO. The molecule has 2 heteroatoms. The zero-order valence-electron chi connectivity index (χ0n) is 5.93. The van der Waals surface area contributed by atoms with Gasteiger partial charge >= 0.3 is 0 Å². The molecule has 1 aliphatic carbocycles. The summed E-state index contributed by atoms with van der Waals surface area (Å²) >= 11 is 0. The Labute approximate surface area is 56.3 Å². The standard InChI is InChI=1S/C7H15NO/c1-8-7-4-6(5-7)2-3-9/h6-9H,2-5H2,1H3. The monoisotopic (exact) mass is 129 g/mol. The van der Waals surface area contributed by atoms with Crippen molar-refractivity contribution in [2.45, 2.75) is 25.3 Å². The third kappa shape index (κ3) is 1.66. The van der Waals surface area contributed by atoms with Gasteiger partial charge < -0.3 is 10.4 Å². The molecule has 0 atom stereocenters. The molecule has 0 amide bonds. The second-order valence-electron chi connectivity index (χ2n) is 2.84. The number of hydrogen-bond donors (Lipinski definition) is 2. The van der Waals surface area contributed by atoms with Gasteiger partial charge in [-0.05, 0) is 32.2 Å². The zero-order chi connectivity index (χ0) is 6.69. The summed E-state index contributed by atoms with van der Waals surface area (Å²) < 4.78 is 0. The number of aliphatic hydroxyl groups is 1. The van der Waals surface area contributed by atoms with E-state index in [2.05, 4.69) is 5.32 Å². The van der Waals surface area contributed by atoms with E-state index in [0.29, 0.717) is 6.61 Å². The number of hydrogen-bond acceptors (Lipinski definition) is 2. The fraction of sp³-hybridized carbons (Fsp3) is 1.00. The van der Waals surface area contributed by atoms with E-state index in [1.807, 2.05) is 7.05 Å². The molecule has 0 bridgehead atoms. The summed E-state index contributed by atoms with van der Waals surface area (Å²) in [6.07, 6.45) is 3.52. The highest BCUT2D eigenvalue weighted by atomic mass is 16.3. The van der Waals surface area contributed by atoms with Crippen molar-refractivity contribution in [1.82, 2.24) is 5.32 Å². The first kappa shape index (κ1) is 7.03. The molecule has 1 fully saturated rings. The van der Waals surface area contributed by atoms with E-state index < -0.39 is 0 Å². The van der Waals surface area contributed by atoms with E-state index in [0.717, 1.165) is 18.4 Å². The molecule has 0 radical (unpaired) electrons. The van der Waals surface area contributed by atoms with Crippen molar-refractivity contribution >= 4 is 0 Å². The number of rotatable bonds is 3. The molecule has 0 saturated heterocycles. The molecule has 0 spiro atoms. The van der Waals surface area contributed by atoms with Crippen LogP contribution >= 0.6 is 0 Å². The summed E-state index contributed by atoms with van der Waals surface area (Å²) in [7, 11) is 2.00. The number of aliphatic hydroxyl groups excluding tert-OH is 1. The lowest BCUT2D eigenvalue weighted by atomic mass is 9.78. The molecule has 2 nitrogen and oxygen atoms in total. The quantitative estimate of drug-likeness (QED) is 0.577. The Morgan fingerprint density at radius 3 is 2.67 bits per heavy atom. The van der Waals surface area contributed by atoms with Crippen LogP contribution in [0.15, 0.2) is 0 Å². The molecule has 0 aromatic rings. The topological polar surface area (TPSA) is 32.3 Å². The van der Waals surface area contributed by atoms with Crippen molar-refractivity contribution in [2.24, 2.45) is 5.92 Å². The van der Waals surface area contributed by atoms with Crippen LogP contribution < -0.4 is 5.32 Å². The first-order valence-electron chi connectivity index (χ1n) is 3.65. The smallest absolute Gasteiger partial charge is 0.0433 e. The fourth-order valence-electron chi connectivity index (χ4n) is 1.39. The maximum Gasteiger partial charge on any atom is 0.0433 e. The predicted octanol–water partition coefficient (Wildman–Crippen LogP) is 0.367. The molecule has 0 unspecified atom stereocenters. The normalized spacial score (nSPS) is 34.0. The summed E-state index contributed by atoms with van der Waals surface area (Å²) in [6.45, 7) is 0.362. The van der Waals surface area contributed by atoms with Crippen molar-refractivity contribution < 1.29 is 5.11 Å². The summed E-state index contributed by atoms with van der Waals surface area (Å²) in [5.74, 6) is 0.799. The predicted molar refractivity (Wildman–Crippen MR) is 37.3 cm³/mol. The van der Waals surface area contributed by atoms with Crippen LogP contribution in [0.1, 0.15) is 19.3 Å². The average molecular weight is 129 g/mol. The average Bonchev–Trinajstić information content (AvgIpc) is 1.77. The summed E-state index contributed by atoms with van der Waals surface area (Å²) in [5, 5.41) is 11.7. The lowest BCUT2D eigenvalue weighted by Gasteiger charge is -2.34. The summed E-state index contributed by atoms with van der Waals surface area (Å²) in [6, 6.07) is 0.738. The summed E-state index contributed by atoms with van der Waals surface area (Å²) in [4.78, 5) is 0. The largest absolute Gasteiger partial charge is 0.396 e. The third-order valence-corrected chi connectivity index (χ3v) is 2.18. The van der Waals surface area contributed by atoms with Crippen LogP contribution in [0.2, 0.25) is 0 Å². The van der Waals surface area contributed by atoms with Gasteiger partial charge in [-0.1, -0.05) is 0 Å². The maximum atomic E-state index is 8.54. The minimum Gasteiger partial charge on any atom is -0.396 e. The molecule has 1 aliphatic rings. The molecule has 0 aromatic carbocycles. The highest BCUT2D eigenvalue weighted by molar-refractivity contribution is 4.83. The van der Waals surface area contributed by atoms with Crippen molar-refractivity contribution in [3.63, 3.8) is 0 Å². The molecule has 0 aromatic heterocycles. The third-order valence-electron chi connectivity index (χ3n) is 2.18. The van der Waals surface area contributed by atoms with E-state index in [1.165, 1.54) is 12.8 Å². The minimum atomic E-state index is 0.362. The van der Waals surface area contributed by atoms with Gasteiger partial charge in [0, 0.05) is 12.6 Å². The van der Waals surface area contributed by atoms with Gasteiger partial charge in [0.25, 0.3) is 0 Å². The molecule has 0 aliphatic heterocycles. The van der Waals surface area contributed by atoms with Gasteiger partial charge in [0.1, 0.15) is 0 Å². The van der Waals surface area contributed by atoms with E-state index in [4.69, 9.17) is 5.11 Å². The van der Waals surface area contributed by atoms with E-state index in [9.17, 15) is 0 Å². The first-order chi connectivity index (χ1) is 4.36. The van der Waals surface area contributed by atoms with Gasteiger partial charge in [0.05, 0.1) is 0 Å². The van der Waals surface area contributed by atoms with E-state index in [-0.39, 0.29) is 0 Å². The molecule has 1 rings (SSSR count). The van der Waals surface area contributed by atoms with Crippen LogP contribution in [0.25, 0.3) is 0 Å². The number of nitrogens with one attached hydrogen (secondary N) is 1. The van der Waals surface area contributed by atoms with Crippen molar-refractivity contribution in [1.29, 1.82) is 0 Å². The van der Waals surface area contributed by atoms with E-state index in [1.54, 1.807) is 0 Å². The van der Waals surface area contributed by atoms with Crippen LogP contribution in [0.5, 0.6) is 0 Å². The SMILES string of the molecule is CNC1CC(CCO)C1. The van der Waals surface area contributed by atoms with Gasteiger partial charge in [-0.3, -0.25) is 0 Å². The second kappa shape index (κ2) is 3.18. The van der Waals surface area contributed by atoms with E-state index >= 15 is 0 Å². The Morgan fingerprint density at radius 1 is 1.56 bits per heavy atom. The Kier molecular flexibility index (Phi) is 2.49. The molecular weight excluding hydrogens is 114 g/mol. The first-order valence-corrected chi connectivity index (χ1v) is 3.65. The lowest BCUT2D eigenvalue weighted by molar-refractivity contribution is 0.172. The van der Waals surface area contributed by atoms with Gasteiger partial charge in [0.15, 0.2) is 0 Å². The maximum absolute atomic E-state index is 8.54. The van der Waals surface area contributed by atoms with Gasteiger partial charge in [-0.15, -0.1) is 0 Å². The van der Waals surface area contributed by atoms with Gasteiger partial charge in [-0.25, -0.2) is 0 Å². The van der Waals surface area contributed by atoms with Crippen LogP contribution in [-0.4, -0.2) is 24.8 Å². The Hall–Kier alpha value is -0.0800. The van der Waals surface area contributed by atoms with Gasteiger partial charge in [-0.2, -0.15) is 0 Å². The fourth-order valence-corrected chi connectivity index (χ4v) is 1.39. The molecule has 1 saturated carbocycles. The Morgan fingerprint density at radius 2 is 2.22 bits per heavy atom. The van der Waals surface area contributed by atoms with Crippen LogP contribution in [0, 0.1) is 5.92 Å². The minimum absolute atomic E-state index is 0.362. The van der Waals surface area contributed by atoms with Crippen LogP contribution in [0.4, 0.5) is 0 Å². The van der Waals surface area contributed by atoms with Gasteiger partial charge in [0.2, 0.25) is 0 Å². The highest BCUT2D eigenvalue weighted by Crippen LogP contribution is 2.29. The molecule has 54 valence electrons. The zero-order valence-corrected chi connectivity index (χ0v) is 5.93. The molecule has 2 N–H and O–H groups in total. The molecule has 9 heavy (non-hydrogen) atoms. The van der Waals surface area contributed by atoms with Crippen LogP contribution in [-0.2, 0) is 0 Å².